The number of ketones is 1. The van der Waals surface area contributed by atoms with Crippen LogP contribution < -0.4 is 5.32 Å². The van der Waals surface area contributed by atoms with E-state index in [-0.39, 0.29) is 18.3 Å². The fourth-order valence-corrected chi connectivity index (χ4v) is 2.94. The molecule has 9 heteroatoms. The van der Waals surface area contributed by atoms with Crippen molar-refractivity contribution < 1.29 is 28.7 Å². The van der Waals surface area contributed by atoms with Crippen molar-refractivity contribution in [2.24, 2.45) is 5.16 Å². The zero-order chi connectivity index (χ0) is 21.8. The Bertz CT molecular complexity index is 834. The fourth-order valence-electron chi connectivity index (χ4n) is 2.94. The van der Waals surface area contributed by atoms with E-state index in [4.69, 9.17) is 9.94 Å². The lowest BCUT2D eigenvalue weighted by molar-refractivity contribution is -0.148. The summed E-state index contributed by atoms with van der Waals surface area (Å²) < 4.78 is 12.8. The third kappa shape index (κ3) is 5.16. The Balaban J connectivity index is 2.20. The zero-order valence-electron chi connectivity index (χ0n) is 17.0. The van der Waals surface area contributed by atoms with Crippen LogP contribution in [-0.2, 0) is 24.6 Å². The number of carboxylic acids is 1. The molecule has 2 N–H and O–H groups in total. The van der Waals surface area contributed by atoms with Gasteiger partial charge < -0.3 is 15.3 Å². The van der Waals surface area contributed by atoms with Crippen LogP contribution >= 0.6 is 0 Å². The molecule has 158 valence electrons. The lowest BCUT2D eigenvalue weighted by atomic mass is 9.86. The number of alkyl halides is 1. The molecule has 1 aromatic rings. The molecular formula is C20H26FN3O5. The van der Waals surface area contributed by atoms with E-state index in [1.165, 1.54) is 0 Å². The van der Waals surface area contributed by atoms with Crippen LogP contribution in [-0.4, -0.2) is 51.8 Å². The highest BCUT2D eigenvalue weighted by atomic mass is 19.1. The number of aromatic nitrogens is 1. The van der Waals surface area contributed by atoms with Gasteiger partial charge >= 0.3 is 5.97 Å². The third-order valence-corrected chi connectivity index (χ3v) is 4.89. The molecule has 0 aliphatic carbocycles. The molecule has 0 saturated carbocycles. The average molecular weight is 407 g/mol. The van der Waals surface area contributed by atoms with Gasteiger partial charge in [0, 0.05) is 12.6 Å². The minimum atomic E-state index is -1.47. The number of carboxylic acid groups (broad SMARTS) is 1. The highest BCUT2D eigenvalue weighted by Crippen LogP contribution is 2.31. The van der Waals surface area contributed by atoms with Crippen LogP contribution in [0.25, 0.3) is 0 Å². The molecule has 8 nitrogen and oxygen atoms in total. The topological polar surface area (TPSA) is 118 Å². The van der Waals surface area contributed by atoms with Gasteiger partial charge in [-0.3, -0.25) is 19.4 Å². The first-order valence-corrected chi connectivity index (χ1v) is 9.36. The number of nitrogens with one attached hydrogen (secondary N) is 1. The van der Waals surface area contributed by atoms with Gasteiger partial charge in [-0.25, -0.2) is 4.39 Å². The second-order valence-corrected chi connectivity index (χ2v) is 8.06. The van der Waals surface area contributed by atoms with Crippen molar-refractivity contribution in [3.8, 4) is 0 Å². The molecule has 2 unspecified atom stereocenters. The minimum Gasteiger partial charge on any atom is -0.481 e. The maximum atomic E-state index is 12.8. The Labute approximate surface area is 168 Å². The number of carbonyl (C=O) groups excluding carboxylic acids is 2. The molecule has 0 bridgehead atoms. The number of oxime groups is 1. The normalized spacial score (nSPS) is 19.8. The maximum absolute atomic E-state index is 12.8. The van der Waals surface area contributed by atoms with Crippen molar-refractivity contribution in [3.63, 3.8) is 0 Å². The number of hydrogen-bond donors (Lipinski definition) is 2. The minimum absolute atomic E-state index is 0.0968. The third-order valence-electron chi connectivity index (χ3n) is 4.89. The molecule has 1 aromatic heterocycles. The Kier molecular flexibility index (Phi) is 6.71. The summed E-state index contributed by atoms with van der Waals surface area (Å²) in [6.07, 6.45) is 1.26. The van der Waals surface area contributed by atoms with E-state index in [2.05, 4.69) is 36.2 Å². The monoisotopic (exact) mass is 407 g/mol. The van der Waals surface area contributed by atoms with Gasteiger partial charge in [-0.2, -0.15) is 0 Å². The fraction of sp³-hybridized carbons (Fsp3) is 0.550. The molecule has 0 fully saturated rings. The first-order chi connectivity index (χ1) is 13.5. The van der Waals surface area contributed by atoms with E-state index in [1.54, 1.807) is 13.1 Å². The summed E-state index contributed by atoms with van der Waals surface area (Å²) in [7, 11) is 0. The number of Topliss-reactive ketones (excluding diaryl/α,β-unsaturated/α-hetero) is 1. The number of amides is 1. The molecule has 1 amide bonds. The number of nitrogens with zero attached hydrogens (tertiary/aromatic N) is 2. The summed E-state index contributed by atoms with van der Waals surface area (Å²) in [5.41, 5.74) is 0.566. The molecule has 2 heterocycles. The summed E-state index contributed by atoms with van der Waals surface area (Å²) in [5.74, 6) is -3.04. The number of rotatable bonds is 8. The Hall–Kier alpha value is -2.84. The molecule has 0 aromatic carbocycles. The molecule has 0 spiro atoms. The van der Waals surface area contributed by atoms with Gasteiger partial charge in [-0.05, 0) is 29.5 Å². The van der Waals surface area contributed by atoms with E-state index < -0.39 is 42.4 Å². The summed E-state index contributed by atoms with van der Waals surface area (Å²) >= 11 is 0. The second-order valence-electron chi connectivity index (χ2n) is 8.06. The van der Waals surface area contributed by atoms with Crippen molar-refractivity contribution in [2.75, 3.05) is 6.67 Å². The van der Waals surface area contributed by atoms with Crippen LogP contribution in [0.15, 0.2) is 23.5 Å². The summed E-state index contributed by atoms with van der Waals surface area (Å²) in [4.78, 5) is 45.2. The largest absolute Gasteiger partial charge is 0.481 e. The summed E-state index contributed by atoms with van der Waals surface area (Å²) in [5, 5.41) is 15.3. The SMILES string of the molecule is CCC1(C(=O)NC(CC(=O)O)C(=O)CF)CC(c2cc(C(C)(C)C)ccn2)=NO1. The molecule has 0 saturated heterocycles. The van der Waals surface area contributed by atoms with Crippen LogP contribution in [0.4, 0.5) is 4.39 Å². The standard InChI is InChI=1S/C20H26FN3O5/c1-5-20(18(28)23-14(9-17(26)27)16(25)11-21)10-15(24-29-20)13-8-12(6-7-22-13)19(2,3)4/h6-8,14H,5,9-11H2,1-4H3,(H,23,28)(H,26,27). The zero-order valence-corrected chi connectivity index (χ0v) is 17.0. The van der Waals surface area contributed by atoms with Crippen LogP contribution in [0.2, 0.25) is 0 Å². The maximum Gasteiger partial charge on any atom is 0.305 e. The van der Waals surface area contributed by atoms with Gasteiger partial charge in [0.2, 0.25) is 5.60 Å². The van der Waals surface area contributed by atoms with E-state index in [0.717, 1.165) is 5.56 Å². The molecule has 2 rings (SSSR count). The highest BCUT2D eigenvalue weighted by Gasteiger charge is 2.46. The van der Waals surface area contributed by atoms with Crippen molar-refractivity contribution in [2.45, 2.75) is 64.0 Å². The van der Waals surface area contributed by atoms with E-state index in [1.807, 2.05) is 12.1 Å². The van der Waals surface area contributed by atoms with E-state index >= 15 is 0 Å². The predicted molar refractivity (Wildman–Crippen MR) is 103 cm³/mol. The number of hydrogen-bond acceptors (Lipinski definition) is 6. The number of aliphatic carboxylic acids is 1. The van der Waals surface area contributed by atoms with Gasteiger partial charge in [0.15, 0.2) is 5.78 Å². The van der Waals surface area contributed by atoms with Gasteiger partial charge in [-0.15, -0.1) is 0 Å². The first kappa shape index (κ1) is 22.4. The van der Waals surface area contributed by atoms with E-state index in [9.17, 15) is 18.8 Å². The highest BCUT2D eigenvalue weighted by molar-refractivity contribution is 6.05. The van der Waals surface area contributed by atoms with Crippen LogP contribution in [0, 0.1) is 0 Å². The Morgan fingerprint density at radius 1 is 1.38 bits per heavy atom. The number of pyridine rings is 1. The first-order valence-electron chi connectivity index (χ1n) is 9.36. The second kappa shape index (κ2) is 8.67. The lowest BCUT2D eigenvalue weighted by Crippen LogP contribution is -2.53. The predicted octanol–water partition coefficient (Wildman–Crippen LogP) is 2.15. The molecule has 1 aliphatic rings. The van der Waals surface area contributed by atoms with Gasteiger partial charge in [0.25, 0.3) is 5.91 Å². The van der Waals surface area contributed by atoms with Gasteiger partial charge in [0.1, 0.15) is 18.4 Å². The molecule has 2 atom stereocenters. The van der Waals surface area contributed by atoms with Gasteiger partial charge in [-0.1, -0.05) is 32.9 Å². The smallest absolute Gasteiger partial charge is 0.305 e. The number of carbonyl (C=O) groups is 3. The molecule has 1 aliphatic heterocycles. The number of halogens is 1. The van der Waals surface area contributed by atoms with Crippen molar-refractivity contribution in [1.82, 2.24) is 10.3 Å². The lowest BCUT2D eigenvalue weighted by Gasteiger charge is -2.26. The molecular weight excluding hydrogens is 381 g/mol. The average Bonchev–Trinajstić information content (AvgIpc) is 3.12. The van der Waals surface area contributed by atoms with Crippen LogP contribution in [0.1, 0.15) is 58.2 Å². The van der Waals surface area contributed by atoms with E-state index in [0.29, 0.717) is 11.4 Å². The Morgan fingerprint density at radius 3 is 2.62 bits per heavy atom. The quantitative estimate of drug-likeness (QED) is 0.682. The summed E-state index contributed by atoms with van der Waals surface area (Å²) in [6.45, 7) is 6.53. The van der Waals surface area contributed by atoms with Crippen molar-refractivity contribution in [3.05, 3.63) is 29.6 Å². The molecule has 29 heavy (non-hydrogen) atoms. The molecule has 0 radical (unpaired) electrons. The van der Waals surface area contributed by atoms with Crippen molar-refractivity contribution in [1.29, 1.82) is 0 Å². The summed E-state index contributed by atoms with van der Waals surface area (Å²) in [6, 6.07) is 2.31. The van der Waals surface area contributed by atoms with Gasteiger partial charge in [0.05, 0.1) is 12.1 Å². The van der Waals surface area contributed by atoms with Crippen LogP contribution in [0.5, 0.6) is 0 Å². The van der Waals surface area contributed by atoms with Crippen LogP contribution in [0.3, 0.4) is 0 Å². The van der Waals surface area contributed by atoms with Crippen molar-refractivity contribution >= 4 is 23.4 Å². The Morgan fingerprint density at radius 2 is 2.07 bits per heavy atom.